The van der Waals surface area contributed by atoms with Gasteiger partial charge in [0.25, 0.3) is 11.8 Å². The van der Waals surface area contributed by atoms with Crippen LogP contribution in [0.4, 0.5) is 14.5 Å². The van der Waals surface area contributed by atoms with Gasteiger partial charge in [-0.05, 0) is 60.8 Å². The molecule has 5 nitrogen and oxygen atoms in total. The number of amides is 2. The number of hydrogen-bond donors (Lipinski definition) is 1. The highest BCUT2D eigenvalue weighted by atomic mass is 32.1. The van der Waals surface area contributed by atoms with E-state index in [-0.39, 0.29) is 22.1 Å². The lowest BCUT2D eigenvalue weighted by Gasteiger charge is -2.29. The fraction of sp³-hybridized carbons (Fsp3) is 0. The van der Waals surface area contributed by atoms with Gasteiger partial charge in [0.05, 0.1) is 11.4 Å². The summed E-state index contributed by atoms with van der Waals surface area (Å²) in [6.07, 6.45) is 2.96. The van der Waals surface area contributed by atoms with Crippen LogP contribution in [0, 0.1) is 11.6 Å². The number of thiocarbonyl (C=S) groups is 1. The van der Waals surface area contributed by atoms with Crippen LogP contribution in [-0.4, -0.2) is 21.5 Å². The second-order valence-electron chi connectivity index (χ2n) is 6.19. The number of nitrogens with one attached hydrogen (secondary N) is 1. The lowest BCUT2D eigenvalue weighted by atomic mass is 10.1. The smallest absolute Gasteiger partial charge is 0.270 e. The Balaban J connectivity index is 1.77. The van der Waals surface area contributed by atoms with E-state index in [0.717, 1.165) is 11.0 Å². The van der Waals surface area contributed by atoms with Crippen LogP contribution in [0.2, 0.25) is 0 Å². The predicted molar refractivity (Wildman–Crippen MR) is 108 cm³/mol. The van der Waals surface area contributed by atoms with Crippen LogP contribution >= 0.6 is 12.2 Å². The summed E-state index contributed by atoms with van der Waals surface area (Å²) in [5.74, 6) is -2.39. The number of benzene rings is 2. The number of rotatable bonds is 3. The highest BCUT2D eigenvalue weighted by Crippen LogP contribution is 2.24. The van der Waals surface area contributed by atoms with Crippen LogP contribution in [0.5, 0.6) is 0 Å². The third kappa shape index (κ3) is 3.45. The van der Waals surface area contributed by atoms with Crippen LogP contribution in [0.1, 0.15) is 5.69 Å². The third-order valence-electron chi connectivity index (χ3n) is 4.35. The van der Waals surface area contributed by atoms with Crippen LogP contribution < -0.4 is 10.2 Å². The van der Waals surface area contributed by atoms with Crippen molar-refractivity contribution in [3.05, 3.63) is 89.8 Å². The molecule has 0 unspecified atom stereocenters. The lowest BCUT2D eigenvalue weighted by Crippen LogP contribution is -2.54. The molecule has 3 aromatic rings. The van der Waals surface area contributed by atoms with Crippen LogP contribution in [0.3, 0.4) is 0 Å². The topological polar surface area (TPSA) is 54.3 Å². The molecular weight excluding hydrogens is 396 g/mol. The predicted octanol–water partition coefficient (Wildman–Crippen LogP) is 3.59. The van der Waals surface area contributed by atoms with Crippen molar-refractivity contribution in [2.24, 2.45) is 0 Å². The van der Waals surface area contributed by atoms with E-state index in [9.17, 15) is 18.4 Å². The van der Waals surface area contributed by atoms with Crippen LogP contribution in [0.25, 0.3) is 11.8 Å². The summed E-state index contributed by atoms with van der Waals surface area (Å²) in [6.45, 7) is 0. The van der Waals surface area contributed by atoms with Crippen LogP contribution in [-0.2, 0) is 9.59 Å². The molecule has 1 aliphatic rings. The minimum absolute atomic E-state index is 0.146. The molecule has 4 rings (SSSR count). The SMILES string of the molecule is O=C1NC(=S)N(c2cccc(F)c2)C(=O)/C1=C/c1cccn1-c1ccccc1F. The molecule has 0 spiro atoms. The van der Waals surface area contributed by atoms with Crippen molar-refractivity contribution in [1.82, 2.24) is 9.88 Å². The summed E-state index contributed by atoms with van der Waals surface area (Å²) in [6, 6.07) is 14.8. The minimum atomic E-state index is -0.703. The molecule has 1 N–H and O–H groups in total. The molecule has 1 aromatic heterocycles. The van der Waals surface area contributed by atoms with E-state index in [4.69, 9.17) is 12.2 Å². The van der Waals surface area contributed by atoms with Gasteiger partial charge in [-0.15, -0.1) is 0 Å². The Hall–Kier alpha value is -3.65. The molecule has 1 saturated heterocycles. The zero-order chi connectivity index (χ0) is 20.5. The van der Waals surface area contributed by atoms with Crippen molar-refractivity contribution in [1.29, 1.82) is 0 Å². The first-order valence-corrected chi connectivity index (χ1v) is 8.96. The lowest BCUT2D eigenvalue weighted by molar-refractivity contribution is -0.122. The van der Waals surface area contributed by atoms with Gasteiger partial charge >= 0.3 is 0 Å². The van der Waals surface area contributed by atoms with Gasteiger partial charge in [-0.3, -0.25) is 19.8 Å². The van der Waals surface area contributed by atoms with E-state index >= 15 is 0 Å². The monoisotopic (exact) mass is 409 g/mol. The first-order chi connectivity index (χ1) is 14.0. The van der Waals surface area contributed by atoms with Crippen molar-refractivity contribution in [2.45, 2.75) is 0 Å². The third-order valence-corrected chi connectivity index (χ3v) is 4.64. The van der Waals surface area contributed by atoms with Gasteiger partial charge in [0.15, 0.2) is 5.11 Å². The van der Waals surface area contributed by atoms with Crippen molar-refractivity contribution in [3.63, 3.8) is 0 Å². The molecule has 29 heavy (non-hydrogen) atoms. The van der Waals surface area contributed by atoms with Crippen molar-refractivity contribution >= 4 is 40.9 Å². The molecule has 1 aliphatic heterocycles. The highest BCUT2D eigenvalue weighted by Gasteiger charge is 2.34. The first-order valence-electron chi connectivity index (χ1n) is 8.55. The Morgan fingerprint density at radius 1 is 0.966 bits per heavy atom. The maximum atomic E-state index is 14.2. The summed E-state index contributed by atoms with van der Waals surface area (Å²) < 4.78 is 29.3. The Morgan fingerprint density at radius 3 is 2.52 bits per heavy atom. The number of halogens is 2. The standard InChI is InChI=1S/C21H13F2N3O2S/c22-13-5-3-6-15(11-13)26-20(28)16(19(27)24-21(26)29)12-14-7-4-10-25(14)18-9-2-1-8-17(18)23/h1-12H,(H,24,27,29)/b16-12+. The van der Waals surface area contributed by atoms with E-state index in [1.807, 2.05) is 0 Å². The second kappa shape index (κ2) is 7.40. The molecule has 8 heteroatoms. The van der Waals surface area contributed by atoms with E-state index in [1.165, 1.54) is 34.9 Å². The number of nitrogens with zero attached hydrogens (tertiary/aromatic N) is 2. The molecule has 2 heterocycles. The number of para-hydroxylation sites is 1. The molecule has 1 fully saturated rings. The largest absolute Gasteiger partial charge is 0.314 e. The number of carbonyl (C=O) groups excluding carboxylic acids is 2. The average Bonchev–Trinajstić information content (AvgIpc) is 3.13. The number of aromatic nitrogens is 1. The molecule has 2 aromatic carbocycles. The fourth-order valence-corrected chi connectivity index (χ4v) is 3.31. The second-order valence-corrected chi connectivity index (χ2v) is 6.58. The Kier molecular flexibility index (Phi) is 4.77. The van der Waals surface area contributed by atoms with E-state index in [1.54, 1.807) is 36.5 Å². The zero-order valence-corrected chi connectivity index (χ0v) is 15.6. The van der Waals surface area contributed by atoms with Gasteiger partial charge < -0.3 is 4.57 Å². The number of hydrogen-bond acceptors (Lipinski definition) is 3. The average molecular weight is 409 g/mol. The molecule has 2 amide bonds. The van der Waals surface area contributed by atoms with Gasteiger partial charge in [-0.2, -0.15) is 0 Å². The van der Waals surface area contributed by atoms with Crippen molar-refractivity contribution in [2.75, 3.05) is 4.90 Å². The van der Waals surface area contributed by atoms with Gasteiger partial charge in [-0.1, -0.05) is 18.2 Å². The van der Waals surface area contributed by atoms with E-state index < -0.39 is 23.4 Å². The summed E-state index contributed by atoms with van der Waals surface area (Å²) in [4.78, 5) is 26.5. The van der Waals surface area contributed by atoms with Crippen molar-refractivity contribution in [3.8, 4) is 5.69 Å². The van der Waals surface area contributed by atoms with Gasteiger partial charge in [0, 0.05) is 11.9 Å². The number of carbonyl (C=O) groups is 2. The quantitative estimate of drug-likeness (QED) is 0.409. The Morgan fingerprint density at radius 2 is 1.76 bits per heavy atom. The maximum Gasteiger partial charge on any atom is 0.270 e. The van der Waals surface area contributed by atoms with E-state index in [0.29, 0.717) is 5.69 Å². The van der Waals surface area contributed by atoms with Crippen molar-refractivity contribution < 1.29 is 18.4 Å². The fourth-order valence-electron chi connectivity index (χ4n) is 3.03. The zero-order valence-electron chi connectivity index (χ0n) is 14.8. The normalized spacial score (nSPS) is 15.7. The Bertz CT molecular complexity index is 1190. The summed E-state index contributed by atoms with van der Waals surface area (Å²) >= 11 is 5.10. The summed E-state index contributed by atoms with van der Waals surface area (Å²) in [7, 11) is 0. The summed E-state index contributed by atoms with van der Waals surface area (Å²) in [5, 5.41) is 2.29. The molecule has 0 saturated carbocycles. The Labute approximate surface area is 169 Å². The molecule has 0 aliphatic carbocycles. The molecule has 144 valence electrons. The molecule has 0 atom stereocenters. The first kappa shape index (κ1) is 18.7. The van der Waals surface area contributed by atoms with Crippen LogP contribution in [0.15, 0.2) is 72.4 Å². The highest BCUT2D eigenvalue weighted by molar-refractivity contribution is 7.80. The number of anilines is 1. The van der Waals surface area contributed by atoms with Gasteiger partial charge in [-0.25, -0.2) is 8.78 Å². The minimum Gasteiger partial charge on any atom is -0.314 e. The molecule has 0 radical (unpaired) electrons. The maximum absolute atomic E-state index is 14.2. The summed E-state index contributed by atoms with van der Waals surface area (Å²) in [5.41, 5.74) is 0.667. The molecule has 0 bridgehead atoms. The van der Waals surface area contributed by atoms with Gasteiger partial charge in [0.1, 0.15) is 17.2 Å². The molecular formula is C21H13F2N3O2S. The van der Waals surface area contributed by atoms with E-state index in [2.05, 4.69) is 5.32 Å². The van der Waals surface area contributed by atoms with Gasteiger partial charge in [0.2, 0.25) is 0 Å².